The summed E-state index contributed by atoms with van der Waals surface area (Å²) < 4.78 is 10.5. The zero-order valence-electron chi connectivity index (χ0n) is 14.3. The summed E-state index contributed by atoms with van der Waals surface area (Å²) in [5, 5.41) is 8.34. The van der Waals surface area contributed by atoms with E-state index in [9.17, 15) is 4.79 Å². The van der Waals surface area contributed by atoms with E-state index in [1.54, 1.807) is 6.07 Å². The molecule has 0 atom stereocenters. The second kappa shape index (κ2) is 7.41. The minimum atomic E-state index is 0.149. The van der Waals surface area contributed by atoms with Crippen molar-refractivity contribution in [3.05, 3.63) is 46.9 Å². The van der Waals surface area contributed by atoms with Crippen LogP contribution in [0.25, 0.3) is 10.9 Å². The lowest BCUT2D eigenvalue weighted by Gasteiger charge is -2.09. The summed E-state index contributed by atoms with van der Waals surface area (Å²) in [6.45, 7) is 0.767. The molecular formula is C19H20ClN3O3. The van der Waals surface area contributed by atoms with E-state index in [0.29, 0.717) is 23.0 Å². The van der Waals surface area contributed by atoms with Crippen LogP contribution in [0.2, 0.25) is 5.02 Å². The highest BCUT2D eigenvalue weighted by Gasteiger charge is 2.22. The van der Waals surface area contributed by atoms with Gasteiger partial charge < -0.3 is 19.6 Å². The predicted molar refractivity (Wildman–Crippen MR) is 97.9 cm³/mol. The summed E-state index contributed by atoms with van der Waals surface area (Å²) in [5.41, 5.74) is 2.55. The molecule has 1 saturated carbocycles. The van der Waals surface area contributed by atoms with Crippen LogP contribution >= 0.6 is 11.6 Å². The first kappa shape index (κ1) is 17.0. The number of aromatic nitrogens is 2. The van der Waals surface area contributed by atoms with Gasteiger partial charge in [0.25, 0.3) is 0 Å². The first-order chi connectivity index (χ1) is 12.7. The van der Waals surface area contributed by atoms with Gasteiger partial charge in [0, 0.05) is 34.6 Å². The van der Waals surface area contributed by atoms with Crippen molar-refractivity contribution < 1.29 is 14.1 Å². The summed E-state index contributed by atoms with van der Waals surface area (Å²) >= 11 is 6.31. The molecule has 0 saturated heterocycles. The molecular weight excluding hydrogens is 354 g/mol. The Kier molecular flexibility index (Phi) is 4.84. The normalized spacial score (nSPS) is 14.8. The summed E-state index contributed by atoms with van der Waals surface area (Å²) in [6, 6.07) is 7.46. The average molecular weight is 374 g/mol. The Bertz CT molecular complexity index is 898. The van der Waals surface area contributed by atoms with Gasteiger partial charge in [-0.2, -0.15) is 0 Å². The fourth-order valence-corrected chi connectivity index (χ4v) is 3.60. The van der Waals surface area contributed by atoms with E-state index in [0.717, 1.165) is 42.3 Å². The Hall–Kier alpha value is -2.47. The van der Waals surface area contributed by atoms with E-state index in [1.807, 2.05) is 18.2 Å². The average Bonchev–Trinajstić information content (AvgIpc) is 3.38. The molecule has 2 N–H and O–H groups in total. The van der Waals surface area contributed by atoms with E-state index in [4.69, 9.17) is 20.9 Å². The number of nitrogens with zero attached hydrogens (tertiary/aromatic N) is 1. The molecule has 26 heavy (non-hydrogen) atoms. The molecule has 0 spiro atoms. The lowest BCUT2D eigenvalue weighted by atomic mass is 10.1. The van der Waals surface area contributed by atoms with E-state index >= 15 is 0 Å². The number of carbonyl (C=O) groups is 1. The van der Waals surface area contributed by atoms with Crippen molar-refractivity contribution >= 4 is 28.4 Å². The summed E-state index contributed by atoms with van der Waals surface area (Å²) in [6.07, 6.45) is 5.81. The number of halogens is 1. The van der Waals surface area contributed by atoms with Crippen LogP contribution in [-0.4, -0.2) is 16.0 Å². The van der Waals surface area contributed by atoms with E-state index in [-0.39, 0.29) is 18.4 Å². The molecule has 0 aliphatic heterocycles. The van der Waals surface area contributed by atoms with Gasteiger partial charge in [0.05, 0.1) is 11.6 Å². The van der Waals surface area contributed by atoms with Gasteiger partial charge in [0.1, 0.15) is 24.3 Å². The van der Waals surface area contributed by atoms with Crippen molar-refractivity contribution in [2.75, 3.05) is 0 Å². The summed E-state index contributed by atoms with van der Waals surface area (Å²) in [5.74, 6) is 0.895. The van der Waals surface area contributed by atoms with Gasteiger partial charge in [-0.3, -0.25) is 4.79 Å². The lowest BCUT2D eigenvalue weighted by molar-refractivity contribution is -0.124. The topological polar surface area (TPSA) is 80.2 Å². The zero-order chi connectivity index (χ0) is 17.9. The molecule has 1 amide bonds. The maximum Gasteiger partial charge on any atom is 0.223 e. The molecule has 136 valence electrons. The number of benzene rings is 1. The van der Waals surface area contributed by atoms with Gasteiger partial charge in [-0.25, -0.2) is 0 Å². The number of carbonyl (C=O) groups excluding carboxylic acids is 1. The number of rotatable bonds is 6. The first-order valence-electron chi connectivity index (χ1n) is 8.80. The van der Waals surface area contributed by atoms with Crippen LogP contribution in [-0.2, 0) is 17.9 Å². The third-order valence-corrected chi connectivity index (χ3v) is 5.07. The zero-order valence-corrected chi connectivity index (χ0v) is 15.0. The van der Waals surface area contributed by atoms with Gasteiger partial charge in [-0.1, -0.05) is 29.6 Å². The van der Waals surface area contributed by atoms with Crippen molar-refractivity contribution in [2.45, 2.75) is 38.8 Å². The molecule has 2 heterocycles. The molecule has 0 radical (unpaired) electrons. The van der Waals surface area contributed by atoms with Crippen molar-refractivity contribution in [3.8, 4) is 5.75 Å². The van der Waals surface area contributed by atoms with Crippen molar-refractivity contribution in [1.82, 2.24) is 15.5 Å². The number of hydrogen-bond donors (Lipinski definition) is 2. The predicted octanol–water partition coefficient (Wildman–Crippen LogP) is 4.19. The minimum Gasteiger partial charge on any atom is -0.486 e. The third-order valence-electron chi connectivity index (χ3n) is 4.77. The number of fused-ring (bicyclic) bond motifs is 1. The number of amides is 1. The smallest absolute Gasteiger partial charge is 0.223 e. The fourth-order valence-electron chi connectivity index (χ4n) is 3.38. The molecule has 1 aromatic carbocycles. The largest absolute Gasteiger partial charge is 0.486 e. The lowest BCUT2D eigenvalue weighted by Crippen LogP contribution is -2.28. The maximum atomic E-state index is 12.2. The SMILES string of the molecule is O=C(NCc1cc2cc(Cl)c(OCc3ccon3)cc2[nH]1)C1CCCC1. The van der Waals surface area contributed by atoms with E-state index in [2.05, 4.69) is 15.5 Å². The van der Waals surface area contributed by atoms with Crippen LogP contribution in [0.5, 0.6) is 5.75 Å². The van der Waals surface area contributed by atoms with E-state index in [1.165, 1.54) is 6.26 Å². The number of ether oxygens (including phenoxy) is 1. The maximum absolute atomic E-state index is 12.2. The highest BCUT2D eigenvalue weighted by molar-refractivity contribution is 6.32. The molecule has 3 aromatic rings. The number of H-pyrrole nitrogens is 1. The van der Waals surface area contributed by atoms with Crippen molar-refractivity contribution in [2.24, 2.45) is 5.92 Å². The summed E-state index contributed by atoms with van der Waals surface area (Å²) in [4.78, 5) is 15.5. The van der Waals surface area contributed by atoms with Gasteiger partial charge in [0.2, 0.25) is 5.91 Å². The Morgan fingerprint density at radius 1 is 1.35 bits per heavy atom. The Balaban J connectivity index is 1.43. The van der Waals surface area contributed by atoms with Gasteiger partial charge >= 0.3 is 0 Å². The molecule has 1 fully saturated rings. The first-order valence-corrected chi connectivity index (χ1v) is 9.18. The molecule has 1 aliphatic carbocycles. The van der Waals surface area contributed by atoms with E-state index < -0.39 is 0 Å². The molecule has 4 rings (SSSR count). The van der Waals surface area contributed by atoms with Crippen molar-refractivity contribution in [1.29, 1.82) is 0 Å². The standard InChI is InChI=1S/C19H20ClN3O3/c20-16-8-13-7-15(10-21-19(24)12-3-1-2-4-12)22-17(13)9-18(16)25-11-14-5-6-26-23-14/h5-9,12,22H,1-4,10-11H2,(H,21,24). The number of nitrogens with one attached hydrogen (secondary N) is 2. The van der Waals surface area contributed by atoms with Crippen LogP contribution < -0.4 is 10.1 Å². The molecule has 0 unspecified atom stereocenters. The highest BCUT2D eigenvalue weighted by Crippen LogP contribution is 2.31. The summed E-state index contributed by atoms with van der Waals surface area (Å²) in [7, 11) is 0. The number of aromatic amines is 1. The number of hydrogen-bond acceptors (Lipinski definition) is 4. The quantitative estimate of drug-likeness (QED) is 0.678. The van der Waals surface area contributed by atoms with Crippen LogP contribution in [0, 0.1) is 5.92 Å². The minimum absolute atomic E-state index is 0.149. The van der Waals surface area contributed by atoms with Crippen LogP contribution in [0.15, 0.2) is 35.1 Å². The third kappa shape index (κ3) is 3.70. The molecule has 2 aromatic heterocycles. The Morgan fingerprint density at radius 3 is 2.96 bits per heavy atom. The monoisotopic (exact) mass is 373 g/mol. The molecule has 1 aliphatic rings. The van der Waals surface area contributed by atoms with Gasteiger partial charge in [0.15, 0.2) is 0 Å². The second-order valence-electron chi connectivity index (χ2n) is 6.64. The fraction of sp³-hybridized carbons (Fsp3) is 0.368. The molecule has 7 heteroatoms. The van der Waals surface area contributed by atoms with Gasteiger partial charge in [-0.05, 0) is 25.0 Å². The molecule has 0 bridgehead atoms. The second-order valence-corrected chi connectivity index (χ2v) is 7.05. The van der Waals surface area contributed by atoms with Crippen molar-refractivity contribution in [3.63, 3.8) is 0 Å². The Morgan fingerprint density at radius 2 is 2.19 bits per heavy atom. The molecule has 6 nitrogen and oxygen atoms in total. The van der Waals surface area contributed by atoms with Gasteiger partial charge in [-0.15, -0.1) is 0 Å². The highest BCUT2D eigenvalue weighted by atomic mass is 35.5. The van der Waals surface area contributed by atoms with Crippen LogP contribution in [0.1, 0.15) is 37.1 Å². The van der Waals surface area contributed by atoms with Crippen LogP contribution in [0.4, 0.5) is 0 Å². The van der Waals surface area contributed by atoms with Crippen LogP contribution in [0.3, 0.4) is 0 Å². The Labute approximate surface area is 155 Å².